The lowest BCUT2D eigenvalue weighted by molar-refractivity contribution is -0.145. The highest BCUT2D eigenvalue weighted by atomic mass is 28.4. The van der Waals surface area contributed by atoms with Gasteiger partial charge in [-0.15, -0.1) is 0 Å². The van der Waals surface area contributed by atoms with E-state index in [1.807, 2.05) is 0 Å². The maximum atomic E-state index is 11.7. The molecule has 0 heterocycles. The smallest absolute Gasteiger partial charge is 0.308 e. The van der Waals surface area contributed by atoms with E-state index in [1.54, 1.807) is 12.5 Å². The normalized spacial score (nSPS) is 33.0. The van der Waals surface area contributed by atoms with Crippen molar-refractivity contribution >= 4 is 22.6 Å². The number of rotatable bonds is 12. The zero-order valence-electron chi connectivity index (χ0n) is 28.6. The number of methoxy groups -OCH3 is 1. The van der Waals surface area contributed by atoms with E-state index in [2.05, 4.69) is 71.9 Å². The van der Waals surface area contributed by atoms with Crippen molar-refractivity contribution in [1.82, 2.24) is 0 Å². The van der Waals surface area contributed by atoms with Gasteiger partial charge in [0.2, 0.25) is 0 Å². The molecule has 0 bridgehead atoms. The van der Waals surface area contributed by atoms with Gasteiger partial charge >= 0.3 is 5.97 Å². The topological polar surface area (TPSA) is 65.0 Å². The summed E-state index contributed by atoms with van der Waals surface area (Å²) in [6.45, 7) is 24.9. The van der Waals surface area contributed by atoms with Crippen molar-refractivity contribution in [2.45, 2.75) is 148 Å². The summed E-state index contributed by atoms with van der Waals surface area (Å²) >= 11 is 0. The largest absolute Gasteiger partial charge is 0.469 e. The van der Waals surface area contributed by atoms with Crippen LogP contribution in [-0.2, 0) is 18.4 Å². The van der Waals surface area contributed by atoms with E-state index in [0.29, 0.717) is 29.6 Å². The average Bonchev–Trinajstić information content (AvgIpc) is 3.20. The maximum Gasteiger partial charge on any atom is 0.308 e. The molecule has 42 heavy (non-hydrogen) atoms. The lowest BCUT2D eigenvalue weighted by Crippen LogP contribution is -2.42. The number of allylic oxidation sites excluding steroid dienone is 3. The van der Waals surface area contributed by atoms with Gasteiger partial charge in [0.1, 0.15) is 0 Å². The Morgan fingerprint density at radius 3 is 2.43 bits per heavy atom. The number of carbonyl (C=O) groups is 1. The second kappa shape index (κ2) is 14.0. The van der Waals surface area contributed by atoms with Crippen LogP contribution in [0.2, 0.25) is 39.3 Å². The molecule has 1 unspecified atom stereocenters. The third-order valence-electron chi connectivity index (χ3n) is 10.1. The SMILES string of the molecule is C=C1/C(=C\C=C2CCC[C@@]3(C)C2CC[C@@H]3[C@H](C)CCC[C@](C)(O)CC(=O)OC)C[C@@H](O[Si](C)(C)C)C[C@H]1O[Si](C)(C)C. The fourth-order valence-electron chi connectivity index (χ4n) is 8.26. The fourth-order valence-corrected chi connectivity index (χ4v) is 10.5. The molecule has 0 aromatic heterocycles. The number of esters is 1. The molecule has 3 saturated carbocycles. The quantitative estimate of drug-likeness (QED) is 0.175. The van der Waals surface area contributed by atoms with Gasteiger partial charge in [-0.25, -0.2) is 0 Å². The first-order valence-electron chi connectivity index (χ1n) is 16.6. The van der Waals surface area contributed by atoms with Crippen LogP contribution in [0.15, 0.2) is 35.5 Å². The summed E-state index contributed by atoms with van der Waals surface area (Å²) in [5.41, 5.74) is 3.42. The highest BCUT2D eigenvalue weighted by Gasteiger charge is 2.50. The number of hydrogen-bond donors (Lipinski definition) is 1. The van der Waals surface area contributed by atoms with Crippen molar-refractivity contribution in [2.75, 3.05) is 7.11 Å². The van der Waals surface area contributed by atoms with Crippen LogP contribution in [0.3, 0.4) is 0 Å². The molecule has 0 spiro atoms. The van der Waals surface area contributed by atoms with Gasteiger partial charge in [0.25, 0.3) is 0 Å². The molecule has 3 fully saturated rings. The summed E-state index contributed by atoms with van der Waals surface area (Å²) in [5, 5.41) is 10.7. The summed E-state index contributed by atoms with van der Waals surface area (Å²) in [7, 11) is -2.00. The van der Waals surface area contributed by atoms with E-state index in [0.717, 1.165) is 31.3 Å². The molecule has 5 nitrogen and oxygen atoms in total. The molecule has 0 aliphatic heterocycles. The summed E-state index contributed by atoms with van der Waals surface area (Å²) < 4.78 is 18.0. The van der Waals surface area contributed by atoms with Gasteiger partial charge in [-0.2, -0.15) is 0 Å². The van der Waals surface area contributed by atoms with Gasteiger partial charge < -0.3 is 18.7 Å². The molecule has 1 N–H and O–H groups in total. The molecule has 7 heteroatoms. The number of hydrogen-bond acceptors (Lipinski definition) is 5. The van der Waals surface area contributed by atoms with Gasteiger partial charge in [-0.3, -0.25) is 4.79 Å². The highest BCUT2D eigenvalue weighted by molar-refractivity contribution is 6.70. The maximum absolute atomic E-state index is 11.7. The van der Waals surface area contributed by atoms with Crippen LogP contribution in [0.1, 0.15) is 91.4 Å². The molecule has 0 saturated heterocycles. The lowest BCUT2D eigenvalue weighted by Gasteiger charge is -2.44. The fraction of sp³-hybridized carbons (Fsp3) is 0.800. The van der Waals surface area contributed by atoms with E-state index in [-0.39, 0.29) is 24.6 Å². The van der Waals surface area contributed by atoms with Crippen molar-refractivity contribution in [1.29, 1.82) is 0 Å². The van der Waals surface area contributed by atoms with Crippen molar-refractivity contribution in [2.24, 2.45) is 23.2 Å². The van der Waals surface area contributed by atoms with Gasteiger partial charge in [0.05, 0.1) is 31.3 Å². The Labute approximate surface area is 259 Å². The van der Waals surface area contributed by atoms with Crippen LogP contribution >= 0.6 is 0 Å². The lowest BCUT2D eigenvalue weighted by atomic mass is 9.60. The third kappa shape index (κ3) is 9.75. The molecule has 0 radical (unpaired) electrons. The van der Waals surface area contributed by atoms with Crippen LogP contribution < -0.4 is 0 Å². The third-order valence-corrected chi connectivity index (χ3v) is 12.1. The summed E-state index contributed by atoms with van der Waals surface area (Å²) in [5.74, 6) is 1.59. The number of fused-ring (bicyclic) bond motifs is 1. The minimum Gasteiger partial charge on any atom is -0.469 e. The van der Waals surface area contributed by atoms with Crippen LogP contribution in [0.4, 0.5) is 0 Å². The Balaban J connectivity index is 1.72. The van der Waals surface area contributed by atoms with Gasteiger partial charge in [0, 0.05) is 6.42 Å². The summed E-state index contributed by atoms with van der Waals surface area (Å²) in [4.78, 5) is 11.7. The monoisotopic (exact) mass is 618 g/mol. The molecule has 3 rings (SSSR count). The first-order valence-corrected chi connectivity index (χ1v) is 23.4. The minimum atomic E-state index is -1.72. The number of carbonyl (C=O) groups excluding carboxylic acids is 1. The first-order chi connectivity index (χ1) is 19.3. The van der Waals surface area contributed by atoms with Crippen LogP contribution in [0.5, 0.6) is 0 Å². The van der Waals surface area contributed by atoms with Crippen molar-refractivity contribution in [3.63, 3.8) is 0 Å². The first kappa shape index (κ1) is 35.5. The van der Waals surface area contributed by atoms with Gasteiger partial charge in [-0.05, 0) is 125 Å². The zero-order valence-corrected chi connectivity index (χ0v) is 30.6. The van der Waals surface area contributed by atoms with E-state index in [1.165, 1.54) is 44.8 Å². The van der Waals surface area contributed by atoms with Crippen LogP contribution in [0.25, 0.3) is 0 Å². The molecule has 0 amide bonds. The average molecular weight is 619 g/mol. The Bertz CT molecular complexity index is 1020. The highest BCUT2D eigenvalue weighted by Crippen LogP contribution is 2.60. The predicted molar refractivity (Wildman–Crippen MR) is 179 cm³/mol. The van der Waals surface area contributed by atoms with E-state index < -0.39 is 22.2 Å². The van der Waals surface area contributed by atoms with E-state index in [9.17, 15) is 9.90 Å². The minimum absolute atomic E-state index is 0.0538. The second-order valence-electron chi connectivity index (χ2n) is 16.2. The van der Waals surface area contributed by atoms with E-state index in [4.69, 9.17) is 13.6 Å². The van der Waals surface area contributed by atoms with Crippen molar-refractivity contribution in [3.05, 3.63) is 35.5 Å². The molecular weight excluding hydrogens is 557 g/mol. The van der Waals surface area contributed by atoms with Crippen molar-refractivity contribution in [3.8, 4) is 0 Å². The molecule has 3 aliphatic rings. The molecule has 7 atom stereocenters. The molecular formula is C35H62O5Si2. The molecule has 240 valence electrons. The van der Waals surface area contributed by atoms with Crippen LogP contribution in [0, 0.1) is 23.2 Å². The number of aliphatic hydroxyl groups is 1. The molecule has 0 aromatic rings. The van der Waals surface area contributed by atoms with Gasteiger partial charge in [0.15, 0.2) is 16.6 Å². The summed E-state index contributed by atoms with van der Waals surface area (Å²) in [6, 6.07) is 0. The number of ether oxygens (including phenoxy) is 1. The standard InChI is InChI=1S/C35H62O5Si2/c1-25(14-12-20-34(3,37)24-33(36)38-5)30-18-19-31-27(15-13-21-35(30,31)4)16-17-28-22-29(39-41(6,7)8)23-32(26(28)2)40-42(9,10)11/h16-17,25,29-32,37H,2,12-15,18-24H2,1,3-11H3/b27-16?,28-17-/t25-,29-,30-,31?,32-,34+,35-/m1/s1. The zero-order chi connectivity index (χ0) is 31.5. The second-order valence-corrected chi connectivity index (χ2v) is 25.1. The summed E-state index contributed by atoms with van der Waals surface area (Å²) in [6.07, 6.45) is 15.9. The molecule has 0 aromatic carbocycles. The van der Waals surface area contributed by atoms with Crippen molar-refractivity contribution < 1.29 is 23.5 Å². The predicted octanol–water partition coefficient (Wildman–Crippen LogP) is 8.97. The van der Waals surface area contributed by atoms with Crippen LogP contribution in [-0.4, -0.2) is 52.6 Å². The Morgan fingerprint density at radius 1 is 1.14 bits per heavy atom. The Kier molecular flexibility index (Phi) is 11.8. The Hall–Kier alpha value is -0.996. The van der Waals surface area contributed by atoms with Gasteiger partial charge in [-0.1, -0.05) is 51.0 Å². The molecule has 3 aliphatic carbocycles. The Morgan fingerprint density at radius 2 is 1.81 bits per heavy atom. The van der Waals surface area contributed by atoms with E-state index >= 15 is 0 Å².